The van der Waals surface area contributed by atoms with Crippen LogP contribution in [0.4, 0.5) is 0 Å². The Morgan fingerprint density at radius 1 is 1.00 bits per heavy atom. The van der Waals surface area contributed by atoms with E-state index in [0.29, 0.717) is 0 Å². The predicted octanol–water partition coefficient (Wildman–Crippen LogP) is 3.48. The van der Waals surface area contributed by atoms with Crippen LogP contribution in [-0.4, -0.2) is 22.0 Å². The minimum absolute atomic E-state index is 0.135. The van der Waals surface area contributed by atoms with Crippen molar-refractivity contribution in [1.29, 1.82) is 0 Å². The molecule has 2 rings (SSSR count). The molecule has 1 amide bonds. The normalized spacial score (nSPS) is 18.6. The van der Waals surface area contributed by atoms with E-state index in [4.69, 9.17) is 0 Å². The maximum absolute atomic E-state index is 12.3. The van der Waals surface area contributed by atoms with Gasteiger partial charge < -0.3 is 15.4 Å². The molecule has 0 spiro atoms. The number of H-pyrrole nitrogens is 1. The minimum atomic E-state index is -0.412. The predicted molar refractivity (Wildman–Crippen MR) is 90.8 cm³/mol. The zero-order valence-electron chi connectivity index (χ0n) is 13.8. The van der Waals surface area contributed by atoms with Gasteiger partial charge in [0.1, 0.15) is 5.75 Å². The molecule has 0 unspecified atom stereocenters. The third kappa shape index (κ3) is 6.08. The fourth-order valence-corrected chi connectivity index (χ4v) is 3.21. The van der Waals surface area contributed by atoms with Gasteiger partial charge in [-0.15, -0.1) is 0 Å². The number of hydrogen-bond acceptors (Lipinski definition) is 3. The number of aromatic nitrogens is 1. The molecule has 1 aromatic heterocycles. The van der Waals surface area contributed by atoms with Gasteiger partial charge in [0.05, 0.1) is 5.56 Å². The highest BCUT2D eigenvalue weighted by atomic mass is 16.3. The molecule has 1 heterocycles. The molecule has 1 fully saturated rings. The van der Waals surface area contributed by atoms with E-state index in [1.54, 1.807) is 0 Å². The summed E-state index contributed by atoms with van der Waals surface area (Å²) in [4.78, 5) is 25.9. The Morgan fingerprint density at radius 2 is 1.52 bits per heavy atom. The lowest BCUT2D eigenvalue weighted by molar-refractivity contribution is 0.0928. The Bertz CT molecular complexity index is 541. The summed E-state index contributed by atoms with van der Waals surface area (Å²) in [6, 6.07) is 1.18. The Balaban J connectivity index is 1.93. The Hall–Kier alpha value is -1.78. The first-order valence-corrected chi connectivity index (χ1v) is 8.89. The quantitative estimate of drug-likeness (QED) is 0.780. The highest BCUT2D eigenvalue weighted by molar-refractivity contribution is 5.96. The van der Waals surface area contributed by atoms with Crippen molar-refractivity contribution < 1.29 is 9.90 Å². The van der Waals surface area contributed by atoms with Crippen LogP contribution in [0.15, 0.2) is 17.1 Å². The van der Waals surface area contributed by atoms with Crippen molar-refractivity contribution in [2.24, 2.45) is 0 Å². The summed E-state index contributed by atoms with van der Waals surface area (Å²) in [6.07, 6.45) is 14.5. The Kier molecular flexibility index (Phi) is 7.17. The second-order valence-electron chi connectivity index (χ2n) is 6.53. The van der Waals surface area contributed by atoms with E-state index < -0.39 is 5.56 Å². The number of rotatable bonds is 2. The second-order valence-corrected chi connectivity index (χ2v) is 6.53. The highest BCUT2D eigenvalue weighted by Gasteiger charge is 2.17. The molecule has 0 aromatic carbocycles. The van der Waals surface area contributed by atoms with Crippen LogP contribution in [0.3, 0.4) is 0 Å². The number of hydrogen-bond donors (Lipinski definition) is 3. The third-order valence-electron chi connectivity index (χ3n) is 4.59. The van der Waals surface area contributed by atoms with E-state index >= 15 is 0 Å². The molecule has 0 saturated heterocycles. The van der Waals surface area contributed by atoms with Crippen molar-refractivity contribution in [2.75, 3.05) is 0 Å². The maximum atomic E-state index is 12.3. The van der Waals surface area contributed by atoms with Crippen molar-refractivity contribution in [3.05, 3.63) is 28.2 Å². The molecule has 1 aliphatic carbocycles. The minimum Gasteiger partial charge on any atom is -0.507 e. The number of aromatic amines is 1. The standard InChI is InChI=1S/C18H28N2O3/c21-16-12-17(22)19-13-15(16)18(23)20-14-10-8-6-4-2-1-3-5-7-9-11-14/h12-14H,1-11H2,(H,20,23)(H2,19,21,22). The maximum Gasteiger partial charge on any atom is 0.256 e. The van der Waals surface area contributed by atoms with Crippen LogP contribution in [0.25, 0.3) is 0 Å². The van der Waals surface area contributed by atoms with Crippen molar-refractivity contribution >= 4 is 5.91 Å². The largest absolute Gasteiger partial charge is 0.507 e. The van der Waals surface area contributed by atoms with Crippen LogP contribution in [0.2, 0.25) is 0 Å². The number of amides is 1. The lowest BCUT2D eigenvalue weighted by atomic mass is 9.97. The number of carbonyl (C=O) groups excluding carboxylic acids is 1. The molecule has 128 valence electrons. The molecule has 23 heavy (non-hydrogen) atoms. The first kappa shape index (κ1) is 17.6. The van der Waals surface area contributed by atoms with Gasteiger partial charge in [-0.2, -0.15) is 0 Å². The molecule has 0 aliphatic heterocycles. The van der Waals surface area contributed by atoms with E-state index in [9.17, 15) is 14.7 Å². The second kappa shape index (κ2) is 9.38. The van der Waals surface area contributed by atoms with Crippen molar-refractivity contribution in [3.63, 3.8) is 0 Å². The van der Waals surface area contributed by atoms with E-state index in [2.05, 4.69) is 10.3 Å². The van der Waals surface area contributed by atoms with Crippen LogP contribution >= 0.6 is 0 Å². The summed E-state index contributed by atoms with van der Waals surface area (Å²) in [5, 5.41) is 12.8. The van der Waals surface area contributed by atoms with Gasteiger partial charge in [-0.1, -0.05) is 57.8 Å². The van der Waals surface area contributed by atoms with Gasteiger partial charge in [0.15, 0.2) is 0 Å². The smallest absolute Gasteiger partial charge is 0.256 e. The molecule has 5 nitrogen and oxygen atoms in total. The first-order chi connectivity index (χ1) is 11.2. The molecule has 0 radical (unpaired) electrons. The van der Waals surface area contributed by atoms with Gasteiger partial charge in [-0.05, 0) is 12.8 Å². The van der Waals surface area contributed by atoms with E-state index in [1.165, 1.54) is 51.1 Å². The molecular formula is C18H28N2O3. The van der Waals surface area contributed by atoms with Gasteiger partial charge in [0.25, 0.3) is 11.5 Å². The summed E-state index contributed by atoms with van der Waals surface area (Å²) in [6.45, 7) is 0. The van der Waals surface area contributed by atoms with E-state index in [1.807, 2.05) is 0 Å². The monoisotopic (exact) mass is 320 g/mol. The average Bonchev–Trinajstić information content (AvgIpc) is 2.49. The SMILES string of the molecule is O=C(NC1CCCCCCCCCCC1)c1c[nH]c(=O)cc1O. The molecule has 0 atom stereocenters. The lowest BCUT2D eigenvalue weighted by Crippen LogP contribution is -2.35. The molecule has 1 saturated carbocycles. The van der Waals surface area contributed by atoms with Crippen LogP contribution in [-0.2, 0) is 0 Å². The summed E-state index contributed by atoms with van der Waals surface area (Å²) in [7, 11) is 0. The van der Waals surface area contributed by atoms with Crippen molar-refractivity contribution in [2.45, 2.75) is 76.7 Å². The molecule has 3 N–H and O–H groups in total. The summed E-state index contributed by atoms with van der Waals surface area (Å²) in [5.41, 5.74) is -0.277. The van der Waals surface area contributed by atoms with Gasteiger partial charge in [-0.3, -0.25) is 9.59 Å². The molecule has 1 aromatic rings. The Labute approximate surface area is 137 Å². The zero-order chi connectivity index (χ0) is 16.5. The van der Waals surface area contributed by atoms with Crippen LogP contribution in [0.1, 0.15) is 81.0 Å². The number of aromatic hydroxyl groups is 1. The third-order valence-corrected chi connectivity index (χ3v) is 4.59. The van der Waals surface area contributed by atoms with Crippen LogP contribution in [0.5, 0.6) is 5.75 Å². The van der Waals surface area contributed by atoms with Crippen molar-refractivity contribution in [3.8, 4) is 5.75 Å². The number of nitrogens with one attached hydrogen (secondary N) is 2. The lowest BCUT2D eigenvalue weighted by Gasteiger charge is -2.19. The first-order valence-electron chi connectivity index (χ1n) is 8.89. The van der Waals surface area contributed by atoms with Crippen LogP contribution < -0.4 is 10.9 Å². The van der Waals surface area contributed by atoms with Gasteiger partial charge in [0, 0.05) is 18.3 Å². The topological polar surface area (TPSA) is 82.2 Å². The molecule has 5 heteroatoms. The summed E-state index contributed by atoms with van der Waals surface area (Å²) < 4.78 is 0. The van der Waals surface area contributed by atoms with E-state index in [-0.39, 0.29) is 23.3 Å². The highest BCUT2D eigenvalue weighted by Crippen LogP contribution is 2.18. The fraction of sp³-hybridized carbons (Fsp3) is 0.667. The van der Waals surface area contributed by atoms with Crippen LogP contribution in [0, 0.1) is 0 Å². The average molecular weight is 320 g/mol. The number of pyridine rings is 1. The molecular weight excluding hydrogens is 292 g/mol. The summed E-state index contributed by atoms with van der Waals surface area (Å²) in [5.74, 6) is -0.574. The van der Waals surface area contributed by atoms with Gasteiger partial charge in [-0.25, -0.2) is 0 Å². The van der Waals surface area contributed by atoms with Gasteiger partial charge >= 0.3 is 0 Å². The van der Waals surface area contributed by atoms with Crippen molar-refractivity contribution in [1.82, 2.24) is 10.3 Å². The Morgan fingerprint density at radius 3 is 2.04 bits per heavy atom. The summed E-state index contributed by atoms with van der Waals surface area (Å²) >= 11 is 0. The van der Waals surface area contributed by atoms with Gasteiger partial charge in [0.2, 0.25) is 0 Å². The number of carbonyl (C=O) groups is 1. The fourth-order valence-electron chi connectivity index (χ4n) is 3.21. The zero-order valence-corrected chi connectivity index (χ0v) is 13.8. The van der Waals surface area contributed by atoms with E-state index in [0.717, 1.165) is 31.7 Å². The molecule has 1 aliphatic rings. The molecule has 0 bridgehead atoms.